The Bertz CT molecular complexity index is 852. The lowest BCUT2D eigenvalue weighted by Gasteiger charge is -2.21. The summed E-state index contributed by atoms with van der Waals surface area (Å²) >= 11 is 0. The van der Waals surface area contributed by atoms with Gasteiger partial charge in [0.2, 0.25) is 5.91 Å². The molecule has 1 atom stereocenters. The van der Waals surface area contributed by atoms with Crippen LogP contribution in [0.5, 0.6) is 5.75 Å². The van der Waals surface area contributed by atoms with Crippen molar-refractivity contribution >= 4 is 16.9 Å². The third-order valence-corrected chi connectivity index (χ3v) is 3.76. The maximum absolute atomic E-state index is 12.1. The van der Waals surface area contributed by atoms with Crippen molar-refractivity contribution in [2.75, 3.05) is 0 Å². The van der Waals surface area contributed by atoms with Gasteiger partial charge in [0.1, 0.15) is 11.3 Å². The number of nitrogens with zero attached hydrogens (tertiary/aromatic N) is 3. The van der Waals surface area contributed by atoms with Crippen molar-refractivity contribution in [3.05, 3.63) is 60.2 Å². The SMILES string of the molecule is CCCC(=O)NC(c1cccnc1)c1ccc2nccnc2c1O. The summed E-state index contributed by atoms with van der Waals surface area (Å²) in [6, 6.07) is 6.71. The lowest BCUT2D eigenvalue weighted by atomic mass is 9.98. The number of benzene rings is 1. The van der Waals surface area contributed by atoms with Crippen molar-refractivity contribution in [2.24, 2.45) is 0 Å². The van der Waals surface area contributed by atoms with E-state index in [1.165, 1.54) is 6.20 Å². The summed E-state index contributed by atoms with van der Waals surface area (Å²) in [5, 5.41) is 13.6. The first-order valence-electron chi connectivity index (χ1n) is 7.82. The van der Waals surface area contributed by atoms with E-state index in [0.29, 0.717) is 23.0 Å². The fourth-order valence-electron chi connectivity index (χ4n) is 2.62. The number of hydrogen-bond acceptors (Lipinski definition) is 5. The number of phenolic OH excluding ortho intramolecular Hbond substituents is 1. The number of fused-ring (bicyclic) bond motifs is 1. The Labute approximate surface area is 139 Å². The molecular weight excluding hydrogens is 304 g/mol. The third-order valence-electron chi connectivity index (χ3n) is 3.76. The second-order valence-electron chi connectivity index (χ2n) is 5.46. The van der Waals surface area contributed by atoms with Gasteiger partial charge in [-0.3, -0.25) is 14.8 Å². The molecule has 1 unspecified atom stereocenters. The Morgan fingerprint density at radius 1 is 1.21 bits per heavy atom. The summed E-state index contributed by atoms with van der Waals surface area (Å²) in [6.45, 7) is 1.95. The molecule has 3 aromatic rings. The van der Waals surface area contributed by atoms with Gasteiger partial charge in [-0.25, -0.2) is 4.98 Å². The van der Waals surface area contributed by atoms with E-state index in [1.807, 2.05) is 13.0 Å². The molecule has 122 valence electrons. The molecule has 2 aromatic heterocycles. The minimum absolute atomic E-state index is 0.0197. The molecule has 0 aliphatic heterocycles. The number of phenols is 1. The molecule has 0 saturated carbocycles. The topological polar surface area (TPSA) is 88.0 Å². The monoisotopic (exact) mass is 322 g/mol. The largest absolute Gasteiger partial charge is 0.505 e. The van der Waals surface area contributed by atoms with Crippen molar-refractivity contribution in [1.82, 2.24) is 20.3 Å². The minimum Gasteiger partial charge on any atom is -0.505 e. The van der Waals surface area contributed by atoms with E-state index >= 15 is 0 Å². The molecule has 1 amide bonds. The standard InChI is InChI=1S/C18H18N4O2/c1-2-4-15(23)22-16(12-5-3-8-19-11-12)13-6-7-14-17(18(13)24)21-10-9-20-14/h3,5-11,16,24H,2,4H2,1H3,(H,22,23). The number of carbonyl (C=O) groups excluding carboxylic acids is 1. The molecule has 0 saturated heterocycles. The number of rotatable bonds is 5. The highest BCUT2D eigenvalue weighted by atomic mass is 16.3. The maximum atomic E-state index is 12.1. The van der Waals surface area contributed by atoms with Crippen LogP contribution in [0, 0.1) is 0 Å². The molecule has 6 heteroatoms. The molecule has 24 heavy (non-hydrogen) atoms. The molecule has 0 radical (unpaired) electrons. The van der Waals surface area contributed by atoms with Gasteiger partial charge >= 0.3 is 0 Å². The van der Waals surface area contributed by atoms with Gasteiger partial charge in [0.15, 0.2) is 0 Å². The van der Waals surface area contributed by atoms with Crippen molar-refractivity contribution in [3.8, 4) is 5.75 Å². The molecule has 0 spiro atoms. The lowest BCUT2D eigenvalue weighted by molar-refractivity contribution is -0.121. The van der Waals surface area contributed by atoms with E-state index in [2.05, 4.69) is 20.3 Å². The van der Waals surface area contributed by atoms with Gasteiger partial charge in [0.25, 0.3) is 0 Å². The molecule has 6 nitrogen and oxygen atoms in total. The molecule has 3 rings (SSSR count). The Balaban J connectivity index is 2.08. The molecule has 2 heterocycles. The lowest BCUT2D eigenvalue weighted by Crippen LogP contribution is -2.29. The number of hydrogen-bond donors (Lipinski definition) is 2. The second-order valence-corrected chi connectivity index (χ2v) is 5.46. The predicted octanol–water partition coefficient (Wildman–Crippen LogP) is 2.74. The van der Waals surface area contributed by atoms with Gasteiger partial charge in [-0.05, 0) is 24.1 Å². The summed E-state index contributed by atoms with van der Waals surface area (Å²) in [7, 11) is 0. The second kappa shape index (κ2) is 7.04. The van der Waals surface area contributed by atoms with Gasteiger partial charge in [0.05, 0.1) is 11.6 Å². The molecule has 0 aliphatic rings. The Morgan fingerprint density at radius 3 is 2.79 bits per heavy atom. The van der Waals surface area contributed by atoms with Crippen LogP contribution in [0.2, 0.25) is 0 Å². The number of carbonyl (C=O) groups is 1. The van der Waals surface area contributed by atoms with Gasteiger partial charge in [-0.2, -0.15) is 0 Å². The van der Waals surface area contributed by atoms with Crippen LogP contribution >= 0.6 is 0 Å². The number of pyridine rings is 1. The first-order chi connectivity index (χ1) is 11.7. The summed E-state index contributed by atoms with van der Waals surface area (Å²) in [4.78, 5) is 24.6. The van der Waals surface area contributed by atoms with Crippen LogP contribution < -0.4 is 5.32 Å². The Kier molecular flexibility index (Phi) is 4.65. The van der Waals surface area contributed by atoms with Gasteiger partial charge < -0.3 is 10.4 Å². The van der Waals surface area contributed by atoms with E-state index in [-0.39, 0.29) is 11.7 Å². The Hall–Kier alpha value is -3.02. The molecular formula is C18H18N4O2. The molecule has 0 fully saturated rings. The predicted molar refractivity (Wildman–Crippen MR) is 90.3 cm³/mol. The fourth-order valence-corrected chi connectivity index (χ4v) is 2.62. The summed E-state index contributed by atoms with van der Waals surface area (Å²) < 4.78 is 0. The van der Waals surface area contributed by atoms with Crippen molar-refractivity contribution in [2.45, 2.75) is 25.8 Å². The van der Waals surface area contributed by atoms with Crippen LogP contribution in [-0.4, -0.2) is 26.0 Å². The molecule has 2 N–H and O–H groups in total. The van der Waals surface area contributed by atoms with Crippen LogP contribution in [0.25, 0.3) is 11.0 Å². The van der Waals surface area contributed by atoms with E-state index in [4.69, 9.17) is 0 Å². The van der Waals surface area contributed by atoms with Gasteiger partial charge in [-0.1, -0.05) is 19.1 Å². The van der Waals surface area contributed by atoms with E-state index in [9.17, 15) is 9.90 Å². The number of amides is 1. The average molecular weight is 322 g/mol. The van der Waals surface area contributed by atoms with E-state index in [0.717, 1.165) is 12.0 Å². The highest BCUT2D eigenvalue weighted by Gasteiger charge is 2.21. The average Bonchev–Trinajstić information content (AvgIpc) is 2.62. The highest BCUT2D eigenvalue weighted by Crippen LogP contribution is 2.33. The van der Waals surface area contributed by atoms with Crippen molar-refractivity contribution < 1.29 is 9.90 Å². The van der Waals surface area contributed by atoms with Crippen LogP contribution in [0.3, 0.4) is 0 Å². The van der Waals surface area contributed by atoms with Crippen LogP contribution in [-0.2, 0) is 4.79 Å². The number of aromatic nitrogens is 3. The zero-order valence-corrected chi connectivity index (χ0v) is 13.3. The third kappa shape index (κ3) is 3.17. The Morgan fingerprint density at radius 2 is 2.04 bits per heavy atom. The minimum atomic E-state index is -0.496. The zero-order chi connectivity index (χ0) is 16.9. The maximum Gasteiger partial charge on any atom is 0.220 e. The van der Waals surface area contributed by atoms with Crippen molar-refractivity contribution in [1.29, 1.82) is 0 Å². The number of aromatic hydroxyl groups is 1. The van der Waals surface area contributed by atoms with Gasteiger partial charge in [-0.15, -0.1) is 0 Å². The quantitative estimate of drug-likeness (QED) is 0.754. The van der Waals surface area contributed by atoms with E-state index in [1.54, 1.807) is 36.8 Å². The zero-order valence-electron chi connectivity index (χ0n) is 13.3. The normalized spacial score (nSPS) is 12.0. The first kappa shape index (κ1) is 15.9. The smallest absolute Gasteiger partial charge is 0.220 e. The van der Waals surface area contributed by atoms with Gasteiger partial charge in [0, 0.05) is 36.8 Å². The molecule has 0 bridgehead atoms. The van der Waals surface area contributed by atoms with Crippen LogP contribution in [0.4, 0.5) is 0 Å². The number of nitrogens with one attached hydrogen (secondary N) is 1. The molecule has 0 aliphatic carbocycles. The highest BCUT2D eigenvalue weighted by molar-refractivity contribution is 5.83. The summed E-state index contributed by atoms with van der Waals surface area (Å²) in [5.74, 6) is -0.0590. The summed E-state index contributed by atoms with van der Waals surface area (Å²) in [6.07, 6.45) is 7.62. The molecule has 1 aromatic carbocycles. The van der Waals surface area contributed by atoms with Crippen molar-refractivity contribution in [3.63, 3.8) is 0 Å². The summed E-state index contributed by atoms with van der Waals surface area (Å²) in [5.41, 5.74) is 2.37. The first-order valence-corrected chi connectivity index (χ1v) is 7.82. The van der Waals surface area contributed by atoms with E-state index < -0.39 is 6.04 Å². The van der Waals surface area contributed by atoms with Crippen LogP contribution in [0.1, 0.15) is 36.9 Å². The fraction of sp³-hybridized carbons (Fsp3) is 0.222. The van der Waals surface area contributed by atoms with Crippen LogP contribution in [0.15, 0.2) is 49.1 Å².